The van der Waals surface area contributed by atoms with Gasteiger partial charge in [-0.05, 0) is 45.3 Å². The predicted molar refractivity (Wildman–Crippen MR) is 77.4 cm³/mol. The monoisotopic (exact) mass is 257 g/mol. The van der Waals surface area contributed by atoms with Gasteiger partial charge in [0.05, 0.1) is 0 Å². The van der Waals surface area contributed by atoms with Crippen LogP contribution in [0.4, 0.5) is 0 Å². The zero-order chi connectivity index (χ0) is 14.1. The van der Waals surface area contributed by atoms with Gasteiger partial charge in [-0.3, -0.25) is 4.79 Å². The molecular weight excluding hydrogens is 226 g/mol. The van der Waals surface area contributed by atoms with Crippen LogP contribution < -0.4 is 11.1 Å². The minimum atomic E-state index is 0.159. The molecule has 0 aromatic carbocycles. The minimum absolute atomic E-state index is 0.159. The third-order valence-electron chi connectivity index (χ3n) is 3.46. The zero-order valence-corrected chi connectivity index (χ0v) is 12.7. The van der Waals surface area contributed by atoms with Crippen molar-refractivity contribution >= 4 is 5.91 Å². The zero-order valence-electron chi connectivity index (χ0n) is 12.7. The van der Waals surface area contributed by atoms with Crippen LogP contribution in [0.25, 0.3) is 0 Å². The Kier molecular flexibility index (Phi) is 9.02. The van der Waals surface area contributed by atoms with Crippen LogP contribution in [-0.4, -0.2) is 44.0 Å². The van der Waals surface area contributed by atoms with Crippen LogP contribution in [0.15, 0.2) is 0 Å². The van der Waals surface area contributed by atoms with Crippen molar-refractivity contribution in [2.24, 2.45) is 17.6 Å². The Hall–Kier alpha value is -0.610. The second kappa shape index (κ2) is 9.34. The Bertz CT molecular complexity index is 221. The molecule has 4 nitrogen and oxygen atoms in total. The number of nitrogens with two attached hydrogens (primary N) is 1. The average molecular weight is 257 g/mol. The highest BCUT2D eigenvalue weighted by molar-refractivity contribution is 5.75. The lowest BCUT2D eigenvalue weighted by Gasteiger charge is -2.28. The Morgan fingerprint density at radius 1 is 1.22 bits per heavy atom. The molecule has 108 valence electrons. The number of nitrogens with one attached hydrogen (secondary N) is 1. The predicted octanol–water partition coefficient (Wildman–Crippen LogP) is 1.45. The van der Waals surface area contributed by atoms with Gasteiger partial charge in [0.15, 0.2) is 0 Å². The van der Waals surface area contributed by atoms with Crippen molar-refractivity contribution in [2.45, 2.75) is 46.1 Å². The second-order valence-corrected chi connectivity index (χ2v) is 5.80. The van der Waals surface area contributed by atoms with Gasteiger partial charge >= 0.3 is 0 Å². The summed E-state index contributed by atoms with van der Waals surface area (Å²) in [5, 5.41) is 3.03. The molecule has 0 rings (SSSR count). The number of carbonyl (C=O) groups excluding carboxylic acids is 1. The second-order valence-electron chi connectivity index (χ2n) is 5.80. The van der Waals surface area contributed by atoms with Gasteiger partial charge < -0.3 is 16.0 Å². The molecule has 1 amide bonds. The summed E-state index contributed by atoms with van der Waals surface area (Å²) in [6.45, 7) is 7.95. The summed E-state index contributed by atoms with van der Waals surface area (Å²) < 4.78 is 0. The molecule has 0 aromatic rings. The fraction of sp³-hybridized carbons (Fsp3) is 0.929. The molecule has 0 spiro atoms. The van der Waals surface area contributed by atoms with E-state index in [1.807, 2.05) is 0 Å². The summed E-state index contributed by atoms with van der Waals surface area (Å²) in [7, 11) is 4.11. The summed E-state index contributed by atoms with van der Waals surface area (Å²) in [4.78, 5) is 13.9. The number of rotatable bonds is 9. The van der Waals surface area contributed by atoms with Crippen molar-refractivity contribution in [3.63, 3.8) is 0 Å². The molecule has 0 fully saturated rings. The first-order chi connectivity index (χ1) is 8.38. The van der Waals surface area contributed by atoms with Gasteiger partial charge in [-0.2, -0.15) is 0 Å². The molecular formula is C14H31N3O. The number of amides is 1. The molecule has 0 aliphatic rings. The highest BCUT2D eigenvalue weighted by Gasteiger charge is 2.16. The quantitative estimate of drug-likeness (QED) is 0.657. The van der Waals surface area contributed by atoms with Crippen molar-refractivity contribution in [3.8, 4) is 0 Å². The molecule has 0 aliphatic carbocycles. The Balaban J connectivity index is 3.88. The maximum Gasteiger partial charge on any atom is 0.220 e. The number of likely N-dealkylation sites (N-methyl/N-ethyl adjacent to an activating group) is 1. The van der Waals surface area contributed by atoms with Crippen LogP contribution in [-0.2, 0) is 4.79 Å². The molecule has 0 aromatic heterocycles. The number of nitrogens with zero attached hydrogens (tertiary/aromatic N) is 1. The Morgan fingerprint density at radius 3 is 2.28 bits per heavy atom. The summed E-state index contributed by atoms with van der Waals surface area (Å²) in [6.07, 6.45) is 2.54. The maximum atomic E-state index is 11.7. The fourth-order valence-electron chi connectivity index (χ4n) is 2.13. The van der Waals surface area contributed by atoms with E-state index in [1.54, 1.807) is 0 Å². The average Bonchev–Trinajstić information content (AvgIpc) is 2.26. The van der Waals surface area contributed by atoms with Crippen molar-refractivity contribution < 1.29 is 4.79 Å². The molecule has 0 saturated heterocycles. The first-order valence-corrected chi connectivity index (χ1v) is 7.01. The van der Waals surface area contributed by atoms with Crippen LogP contribution in [0.3, 0.4) is 0 Å². The highest BCUT2D eigenvalue weighted by Crippen LogP contribution is 2.09. The van der Waals surface area contributed by atoms with E-state index in [9.17, 15) is 4.79 Å². The molecule has 2 atom stereocenters. The lowest BCUT2D eigenvalue weighted by atomic mass is 10.0. The minimum Gasteiger partial charge on any atom is -0.355 e. The van der Waals surface area contributed by atoms with Gasteiger partial charge in [0.2, 0.25) is 5.91 Å². The molecule has 0 radical (unpaired) electrons. The molecule has 0 saturated carbocycles. The number of hydrogen-bond donors (Lipinski definition) is 2. The summed E-state index contributed by atoms with van der Waals surface area (Å²) in [5.41, 5.74) is 5.49. The molecule has 0 bridgehead atoms. The molecule has 0 heterocycles. The van der Waals surface area contributed by atoms with Gasteiger partial charge in [0, 0.05) is 19.0 Å². The van der Waals surface area contributed by atoms with E-state index < -0.39 is 0 Å². The number of hydrogen-bond acceptors (Lipinski definition) is 3. The van der Waals surface area contributed by atoms with Gasteiger partial charge in [-0.15, -0.1) is 0 Å². The van der Waals surface area contributed by atoms with Crippen molar-refractivity contribution in [1.29, 1.82) is 0 Å². The largest absolute Gasteiger partial charge is 0.355 e. The van der Waals surface area contributed by atoms with Crippen LogP contribution in [0.1, 0.15) is 40.0 Å². The topological polar surface area (TPSA) is 58.4 Å². The third kappa shape index (κ3) is 7.67. The summed E-state index contributed by atoms with van der Waals surface area (Å²) in [6, 6.07) is 0.399. The van der Waals surface area contributed by atoms with Crippen LogP contribution in [0, 0.1) is 11.8 Å². The van der Waals surface area contributed by atoms with Crippen molar-refractivity contribution in [1.82, 2.24) is 10.2 Å². The van der Waals surface area contributed by atoms with E-state index in [1.165, 1.54) is 0 Å². The molecule has 0 aliphatic heterocycles. The van der Waals surface area contributed by atoms with Crippen LogP contribution in [0.2, 0.25) is 0 Å². The van der Waals surface area contributed by atoms with Crippen LogP contribution >= 0.6 is 0 Å². The molecule has 2 unspecified atom stereocenters. The lowest BCUT2D eigenvalue weighted by Crippen LogP contribution is -2.43. The standard InChI is InChI=1S/C14H31N3O/c1-11(2)13(17(4)5)10-16-14(18)7-6-12(3)8-9-15/h11-13H,6-10,15H2,1-5H3,(H,16,18). The molecule has 3 N–H and O–H groups in total. The first kappa shape index (κ1) is 17.4. The smallest absolute Gasteiger partial charge is 0.220 e. The molecule has 18 heavy (non-hydrogen) atoms. The first-order valence-electron chi connectivity index (χ1n) is 7.01. The SMILES string of the molecule is CC(CCN)CCC(=O)NCC(C(C)C)N(C)C. The van der Waals surface area contributed by atoms with E-state index in [2.05, 4.69) is 45.1 Å². The Labute approximate surface area is 112 Å². The summed E-state index contributed by atoms with van der Waals surface area (Å²) in [5.74, 6) is 1.23. The highest BCUT2D eigenvalue weighted by atomic mass is 16.1. The van der Waals surface area contributed by atoms with Gasteiger partial charge in [-0.25, -0.2) is 0 Å². The van der Waals surface area contributed by atoms with E-state index >= 15 is 0 Å². The van der Waals surface area contributed by atoms with Crippen molar-refractivity contribution in [3.05, 3.63) is 0 Å². The van der Waals surface area contributed by atoms with E-state index in [-0.39, 0.29) is 5.91 Å². The third-order valence-corrected chi connectivity index (χ3v) is 3.46. The van der Waals surface area contributed by atoms with E-state index in [0.29, 0.717) is 30.8 Å². The van der Waals surface area contributed by atoms with E-state index in [0.717, 1.165) is 19.4 Å². The Morgan fingerprint density at radius 2 is 1.83 bits per heavy atom. The van der Waals surface area contributed by atoms with Crippen LogP contribution in [0.5, 0.6) is 0 Å². The maximum absolute atomic E-state index is 11.7. The van der Waals surface area contributed by atoms with E-state index in [4.69, 9.17) is 5.73 Å². The summed E-state index contributed by atoms with van der Waals surface area (Å²) >= 11 is 0. The normalized spacial score (nSPS) is 14.9. The van der Waals surface area contributed by atoms with Gasteiger partial charge in [0.1, 0.15) is 0 Å². The molecule has 4 heteroatoms. The van der Waals surface area contributed by atoms with Gasteiger partial charge in [0.25, 0.3) is 0 Å². The van der Waals surface area contributed by atoms with Gasteiger partial charge in [-0.1, -0.05) is 20.8 Å². The fourth-order valence-corrected chi connectivity index (χ4v) is 2.13. The lowest BCUT2D eigenvalue weighted by molar-refractivity contribution is -0.121. The number of carbonyl (C=O) groups is 1. The van der Waals surface area contributed by atoms with Crippen molar-refractivity contribution in [2.75, 3.05) is 27.2 Å².